The lowest BCUT2D eigenvalue weighted by Crippen LogP contribution is -2.41. The number of fused-ring (bicyclic) bond motifs is 1. The van der Waals surface area contributed by atoms with Crippen LogP contribution in [0.5, 0.6) is 5.75 Å². The molecule has 0 bridgehead atoms. The monoisotopic (exact) mass is 341 g/mol. The van der Waals surface area contributed by atoms with Gasteiger partial charge in [0.25, 0.3) is 0 Å². The molecule has 1 amide bonds. The average Bonchev–Trinajstić information content (AvgIpc) is 2.45. The molecule has 1 aromatic rings. The second kappa shape index (κ2) is 7.78. The summed E-state index contributed by atoms with van der Waals surface area (Å²) >= 11 is 3.22. The molecule has 0 aromatic heterocycles. The van der Waals surface area contributed by atoms with E-state index >= 15 is 0 Å². The van der Waals surface area contributed by atoms with Crippen LogP contribution in [-0.2, 0) is 21.1 Å². The average molecular weight is 341 g/mol. The molecule has 1 aliphatic rings. The molecule has 0 saturated carbocycles. The minimum absolute atomic E-state index is 0.326. The summed E-state index contributed by atoms with van der Waals surface area (Å²) in [6.45, 7) is 3.37. The fourth-order valence-corrected chi connectivity index (χ4v) is 4.02. The molecule has 0 spiro atoms. The lowest BCUT2D eigenvalue weighted by atomic mass is 10.1. The van der Waals surface area contributed by atoms with Crippen LogP contribution in [0.25, 0.3) is 0 Å². The van der Waals surface area contributed by atoms with Gasteiger partial charge < -0.3 is 15.2 Å². The van der Waals surface area contributed by atoms with Gasteiger partial charge >= 0.3 is 5.97 Å². The van der Waals surface area contributed by atoms with Crippen LogP contribution < -0.4 is 10.1 Å². The smallest absolute Gasteiger partial charge is 0.327 e. The van der Waals surface area contributed by atoms with Crippen molar-refractivity contribution < 1.29 is 19.4 Å². The van der Waals surface area contributed by atoms with Crippen molar-refractivity contribution in [2.75, 3.05) is 11.7 Å². The maximum absolute atomic E-state index is 11.1. The van der Waals surface area contributed by atoms with E-state index in [4.69, 9.17) is 9.84 Å². The van der Waals surface area contributed by atoms with Gasteiger partial charge in [-0.3, -0.25) is 4.79 Å². The molecule has 1 unspecified atom stereocenters. The Labute approximate surface area is 138 Å². The number of hydrogen-bond donors (Lipinski definition) is 2. The third kappa shape index (κ3) is 4.58. The predicted octanol–water partition coefficient (Wildman–Crippen LogP) is 2.40. The van der Waals surface area contributed by atoms with E-state index in [0.717, 1.165) is 17.1 Å². The van der Waals surface area contributed by atoms with Gasteiger partial charge in [-0.15, -0.1) is 11.8 Å². The van der Waals surface area contributed by atoms with Crippen molar-refractivity contribution in [2.24, 2.45) is 0 Å². The molecular formula is C15H19NO4S2. The Morgan fingerprint density at radius 1 is 1.50 bits per heavy atom. The summed E-state index contributed by atoms with van der Waals surface area (Å²) < 4.78 is 5.74. The number of carbonyl (C=O) groups is 2. The Balaban J connectivity index is 2.00. The molecule has 1 heterocycles. The number of nitrogens with one attached hydrogen (secondary N) is 1. The minimum Gasteiger partial charge on any atom is -0.482 e. The number of carboxylic acids is 1. The maximum Gasteiger partial charge on any atom is 0.327 e. The van der Waals surface area contributed by atoms with Crippen LogP contribution >= 0.6 is 23.5 Å². The molecule has 5 nitrogen and oxygen atoms in total. The zero-order valence-electron chi connectivity index (χ0n) is 12.5. The lowest BCUT2D eigenvalue weighted by Gasteiger charge is -2.21. The molecular weight excluding hydrogens is 322 g/mol. The standard InChI is InChI=1S/C15H19NO4S2/c1-9-3-11(14-12(4-9)6-22-8-20-14)5-21-7-13(15(18)19)16-10(2)17/h3-4,13H,5-8H2,1-2H3,(H,16,17)(H,18,19). The first kappa shape index (κ1) is 17.0. The summed E-state index contributed by atoms with van der Waals surface area (Å²) in [5.41, 5.74) is 3.47. The van der Waals surface area contributed by atoms with Crippen molar-refractivity contribution in [1.82, 2.24) is 5.32 Å². The van der Waals surface area contributed by atoms with Crippen molar-refractivity contribution in [3.05, 3.63) is 28.8 Å². The van der Waals surface area contributed by atoms with Crippen LogP contribution in [0.1, 0.15) is 23.6 Å². The fraction of sp³-hybridized carbons (Fsp3) is 0.467. The lowest BCUT2D eigenvalue weighted by molar-refractivity contribution is -0.140. The van der Waals surface area contributed by atoms with Crippen molar-refractivity contribution in [2.45, 2.75) is 31.4 Å². The zero-order chi connectivity index (χ0) is 16.1. The molecule has 0 fully saturated rings. The number of thioether (sulfide) groups is 2. The van der Waals surface area contributed by atoms with Gasteiger partial charge in [0.15, 0.2) is 0 Å². The zero-order valence-corrected chi connectivity index (χ0v) is 14.2. The molecule has 1 aromatic carbocycles. The Hall–Kier alpha value is -1.34. The molecule has 7 heteroatoms. The molecule has 0 saturated heterocycles. The van der Waals surface area contributed by atoms with Gasteiger partial charge in [-0.1, -0.05) is 17.7 Å². The molecule has 2 N–H and O–H groups in total. The Bertz CT molecular complexity index is 577. The first-order valence-corrected chi connectivity index (χ1v) is 9.19. The molecule has 2 rings (SSSR count). The van der Waals surface area contributed by atoms with Crippen LogP contribution in [0.4, 0.5) is 0 Å². The SMILES string of the molecule is CC(=O)NC(CSCc1cc(C)cc2c1OCSC2)C(=O)O. The summed E-state index contributed by atoms with van der Waals surface area (Å²) in [4.78, 5) is 22.1. The van der Waals surface area contributed by atoms with E-state index < -0.39 is 12.0 Å². The molecule has 120 valence electrons. The molecule has 1 aliphatic heterocycles. The van der Waals surface area contributed by atoms with Gasteiger partial charge in [0, 0.05) is 35.3 Å². The van der Waals surface area contributed by atoms with Gasteiger partial charge in [0.2, 0.25) is 5.91 Å². The van der Waals surface area contributed by atoms with Crippen molar-refractivity contribution in [3.8, 4) is 5.75 Å². The number of ether oxygens (including phenoxy) is 1. The first-order chi connectivity index (χ1) is 10.5. The first-order valence-electron chi connectivity index (χ1n) is 6.88. The summed E-state index contributed by atoms with van der Waals surface area (Å²) in [5.74, 6) is 2.17. The molecule has 0 aliphatic carbocycles. The largest absolute Gasteiger partial charge is 0.482 e. The van der Waals surface area contributed by atoms with E-state index in [0.29, 0.717) is 17.4 Å². The van der Waals surface area contributed by atoms with Crippen LogP contribution in [0.15, 0.2) is 12.1 Å². The Morgan fingerprint density at radius 3 is 2.95 bits per heavy atom. The quantitative estimate of drug-likeness (QED) is 0.827. The van der Waals surface area contributed by atoms with E-state index in [9.17, 15) is 9.59 Å². The van der Waals surface area contributed by atoms with Crippen molar-refractivity contribution >= 4 is 35.4 Å². The fourth-order valence-electron chi connectivity index (χ4n) is 2.29. The third-order valence-electron chi connectivity index (χ3n) is 3.15. The van der Waals surface area contributed by atoms with Gasteiger partial charge in [-0.2, -0.15) is 11.8 Å². The molecule has 1 atom stereocenters. The molecule has 22 heavy (non-hydrogen) atoms. The Kier molecular flexibility index (Phi) is 6.02. The van der Waals surface area contributed by atoms with Crippen LogP contribution in [-0.4, -0.2) is 34.7 Å². The normalized spacial score (nSPS) is 14.6. The number of amides is 1. The highest BCUT2D eigenvalue weighted by Crippen LogP contribution is 2.35. The minimum atomic E-state index is -1.01. The highest BCUT2D eigenvalue weighted by atomic mass is 32.2. The number of carboxylic acid groups (broad SMARTS) is 1. The predicted molar refractivity (Wildman–Crippen MR) is 89.4 cm³/mol. The van der Waals surface area contributed by atoms with E-state index in [1.54, 1.807) is 11.8 Å². The second-order valence-corrected chi connectivity index (χ2v) is 7.09. The van der Waals surface area contributed by atoms with E-state index in [2.05, 4.69) is 17.4 Å². The van der Waals surface area contributed by atoms with Gasteiger partial charge in [0.05, 0.1) is 0 Å². The van der Waals surface area contributed by atoms with Crippen molar-refractivity contribution in [1.29, 1.82) is 0 Å². The van der Waals surface area contributed by atoms with Crippen LogP contribution in [0.2, 0.25) is 0 Å². The topological polar surface area (TPSA) is 75.6 Å². The number of carbonyl (C=O) groups excluding carboxylic acids is 1. The van der Waals surface area contributed by atoms with Gasteiger partial charge in [-0.25, -0.2) is 4.79 Å². The second-order valence-electron chi connectivity index (χ2n) is 5.13. The van der Waals surface area contributed by atoms with Crippen LogP contribution in [0, 0.1) is 6.92 Å². The molecule has 0 radical (unpaired) electrons. The van der Waals surface area contributed by atoms with Crippen molar-refractivity contribution in [3.63, 3.8) is 0 Å². The number of benzene rings is 1. The maximum atomic E-state index is 11.1. The van der Waals surface area contributed by atoms with Gasteiger partial charge in [0.1, 0.15) is 17.7 Å². The van der Waals surface area contributed by atoms with E-state index in [-0.39, 0.29) is 5.91 Å². The summed E-state index contributed by atoms with van der Waals surface area (Å²) in [6, 6.07) is 3.35. The highest BCUT2D eigenvalue weighted by molar-refractivity contribution is 7.98. The third-order valence-corrected chi connectivity index (χ3v) is 5.03. The van der Waals surface area contributed by atoms with Gasteiger partial charge in [-0.05, 0) is 6.92 Å². The van der Waals surface area contributed by atoms with Crippen LogP contribution in [0.3, 0.4) is 0 Å². The summed E-state index contributed by atoms with van der Waals surface area (Å²) in [5, 5.41) is 11.5. The van der Waals surface area contributed by atoms with E-state index in [1.165, 1.54) is 29.8 Å². The number of aryl methyl sites for hydroxylation is 1. The van der Waals surface area contributed by atoms with E-state index in [1.807, 2.05) is 6.92 Å². The number of hydrogen-bond acceptors (Lipinski definition) is 5. The number of rotatable bonds is 6. The summed E-state index contributed by atoms with van der Waals surface area (Å²) in [7, 11) is 0. The summed E-state index contributed by atoms with van der Waals surface area (Å²) in [6.07, 6.45) is 0. The Morgan fingerprint density at radius 2 is 2.27 bits per heavy atom. The number of aliphatic carboxylic acids is 1. The highest BCUT2D eigenvalue weighted by Gasteiger charge is 2.20.